The first kappa shape index (κ1) is 36.0. The maximum Gasteiger partial charge on any atom is 0.410 e. The van der Waals surface area contributed by atoms with E-state index in [2.05, 4.69) is 21.7 Å². The highest BCUT2D eigenvalue weighted by atomic mass is 36.5. The molecule has 0 N–H and O–H groups in total. The maximum atomic E-state index is 12.0. The Balaban J connectivity index is 0.000000277. The zero-order chi connectivity index (χ0) is 31.0. The van der Waals surface area contributed by atoms with Crippen LogP contribution in [0.3, 0.4) is 0 Å². The van der Waals surface area contributed by atoms with Crippen molar-refractivity contribution in [2.24, 2.45) is 0 Å². The normalized spacial score (nSPS) is 18.4. The van der Waals surface area contributed by atoms with E-state index in [0.717, 1.165) is 24.0 Å². The number of hydrogen-bond acceptors (Lipinski definition) is 8. The van der Waals surface area contributed by atoms with Crippen LogP contribution in [0.4, 0.5) is 9.59 Å². The van der Waals surface area contributed by atoms with E-state index in [9.17, 15) is 22.8 Å². The standard InChI is InChI=1S/C15H19NO3S.C13H16ClNO4S.Cl2/c1-12(17)20-14-8-5-9-16(10-14)15(18)19-11-13-6-3-2-4-7-13;14-20(17,18)12-7-4-8-15(9-12)13(16)19-10-11-5-2-1-3-6-11;1-2/h2-4,6-7,14H,5,8-11H2,1H3;1-3,5-6,12H,4,7-10H2;. The number of benzene rings is 2. The van der Waals surface area contributed by atoms with Crippen molar-refractivity contribution in [3.63, 3.8) is 0 Å². The molecule has 2 heterocycles. The molecule has 2 aromatic carbocycles. The van der Waals surface area contributed by atoms with E-state index in [1.54, 1.807) is 11.8 Å². The number of carbonyl (C=O) groups excluding carboxylic acids is 3. The van der Waals surface area contributed by atoms with Crippen molar-refractivity contribution in [1.82, 2.24) is 9.80 Å². The van der Waals surface area contributed by atoms with Crippen LogP contribution in [-0.4, -0.2) is 72.2 Å². The Morgan fingerprint density at radius 2 is 1.26 bits per heavy atom. The molecule has 2 atom stereocenters. The van der Waals surface area contributed by atoms with Crippen LogP contribution < -0.4 is 0 Å². The van der Waals surface area contributed by atoms with Crippen molar-refractivity contribution in [2.75, 3.05) is 26.2 Å². The van der Waals surface area contributed by atoms with Gasteiger partial charge in [-0.1, -0.05) is 72.4 Å². The predicted molar refractivity (Wildman–Crippen MR) is 167 cm³/mol. The maximum absolute atomic E-state index is 12.0. The molecule has 232 valence electrons. The van der Waals surface area contributed by atoms with E-state index >= 15 is 0 Å². The first-order valence-corrected chi connectivity index (χ1v) is 17.7. The van der Waals surface area contributed by atoms with Crippen molar-refractivity contribution < 1.29 is 32.3 Å². The lowest BCUT2D eigenvalue weighted by Crippen LogP contribution is -2.44. The van der Waals surface area contributed by atoms with Crippen molar-refractivity contribution in [3.8, 4) is 0 Å². The molecule has 2 amide bonds. The number of amides is 2. The first-order valence-electron chi connectivity index (χ1n) is 13.3. The van der Waals surface area contributed by atoms with Gasteiger partial charge in [-0.25, -0.2) is 18.0 Å². The third kappa shape index (κ3) is 13.4. The summed E-state index contributed by atoms with van der Waals surface area (Å²) in [6.07, 6.45) is 2.20. The SMILES string of the molecule is CC(=O)SC1CCCN(C(=O)OCc2ccccc2)C1.ClCl.O=C(OCc1ccccc1)N1CCCC(S(=O)(=O)Cl)C1. The lowest BCUT2D eigenvalue weighted by Gasteiger charge is -2.31. The van der Waals surface area contributed by atoms with Gasteiger partial charge in [-0.2, -0.15) is 0 Å². The van der Waals surface area contributed by atoms with Gasteiger partial charge in [0, 0.05) is 70.7 Å². The fourth-order valence-corrected chi connectivity index (χ4v) is 6.64. The number of halogens is 3. The lowest BCUT2D eigenvalue weighted by atomic mass is 10.1. The number of likely N-dealkylation sites (tertiary alicyclic amines) is 2. The number of hydrogen-bond donors (Lipinski definition) is 0. The van der Waals surface area contributed by atoms with Gasteiger partial charge in [0.15, 0.2) is 5.12 Å². The van der Waals surface area contributed by atoms with Gasteiger partial charge in [-0.3, -0.25) is 4.79 Å². The summed E-state index contributed by atoms with van der Waals surface area (Å²) in [7, 11) is 9.93. The average molecular weight is 682 g/mol. The minimum atomic E-state index is -3.64. The fraction of sp³-hybridized carbons (Fsp3) is 0.464. The van der Waals surface area contributed by atoms with Crippen LogP contribution in [-0.2, 0) is 36.5 Å². The highest BCUT2D eigenvalue weighted by molar-refractivity contribution is 8.14. The molecule has 14 heteroatoms. The zero-order valence-corrected chi connectivity index (χ0v) is 27.1. The van der Waals surface area contributed by atoms with Gasteiger partial charge in [-0.05, 0) is 36.8 Å². The van der Waals surface area contributed by atoms with Gasteiger partial charge in [0.1, 0.15) is 13.2 Å². The molecule has 2 aliphatic rings. The molecule has 0 aliphatic carbocycles. The molecule has 4 rings (SSSR count). The largest absolute Gasteiger partial charge is 0.445 e. The highest BCUT2D eigenvalue weighted by Gasteiger charge is 2.32. The van der Waals surface area contributed by atoms with E-state index < -0.39 is 20.4 Å². The number of thioether (sulfide) groups is 1. The topological polar surface area (TPSA) is 110 Å². The Kier molecular flexibility index (Phi) is 16.4. The lowest BCUT2D eigenvalue weighted by molar-refractivity contribution is -0.109. The summed E-state index contributed by atoms with van der Waals surface area (Å²) in [6, 6.07) is 18.9. The molecule has 9 nitrogen and oxygen atoms in total. The summed E-state index contributed by atoms with van der Waals surface area (Å²) >= 11 is 1.32. The summed E-state index contributed by atoms with van der Waals surface area (Å²) in [4.78, 5) is 38.2. The van der Waals surface area contributed by atoms with Crippen LogP contribution in [0.5, 0.6) is 0 Å². The van der Waals surface area contributed by atoms with E-state index in [1.165, 1.54) is 16.7 Å². The summed E-state index contributed by atoms with van der Waals surface area (Å²) in [5, 5.41) is -0.401. The van der Waals surface area contributed by atoms with Crippen molar-refractivity contribution >= 4 is 70.5 Å². The zero-order valence-electron chi connectivity index (χ0n) is 23.2. The Bertz CT molecular complexity index is 1220. The molecular formula is C28H35Cl3N2O7S2. The van der Waals surface area contributed by atoms with Crippen molar-refractivity contribution in [2.45, 2.75) is 56.3 Å². The minimum absolute atomic E-state index is 0.0967. The van der Waals surface area contributed by atoms with Gasteiger partial charge < -0.3 is 19.3 Å². The van der Waals surface area contributed by atoms with Gasteiger partial charge in [0.2, 0.25) is 9.05 Å². The quantitative estimate of drug-likeness (QED) is 0.306. The summed E-state index contributed by atoms with van der Waals surface area (Å²) < 4.78 is 33.1. The molecular weight excluding hydrogens is 647 g/mol. The summed E-state index contributed by atoms with van der Waals surface area (Å²) in [6.45, 7) is 3.93. The fourth-order valence-electron chi connectivity index (χ4n) is 4.39. The summed E-state index contributed by atoms with van der Waals surface area (Å²) in [5.74, 6) is 0. The van der Waals surface area contributed by atoms with Gasteiger partial charge in [0.25, 0.3) is 0 Å². The average Bonchev–Trinajstić information content (AvgIpc) is 3.00. The van der Waals surface area contributed by atoms with Crippen LogP contribution in [0.1, 0.15) is 43.7 Å². The van der Waals surface area contributed by atoms with Crippen LogP contribution in [0.2, 0.25) is 0 Å². The molecule has 0 spiro atoms. The van der Waals surface area contributed by atoms with E-state index in [-0.39, 0.29) is 29.6 Å². The Hall–Kier alpha value is -2.18. The molecule has 42 heavy (non-hydrogen) atoms. The number of ether oxygens (including phenoxy) is 2. The second kappa shape index (κ2) is 19.2. The van der Waals surface area contributed by atoms with E-state index in [4.69, 9.17) is 20.2 Å². The monoisotopic (exact) mass is 680 g/mol. The van der Waals surface area contributed by atoms with Crippen LogP contribution in [0, 0.1) is 0 Å². The molecule has 2 aliphatic heterocycles. The number of rotatable bonds is 6. The van der Waals surface area contributed by atoms with Crippen LogP contribution in [0.15, 0.2) is 60.7 Å². The van der Waals surface area contributed by atoms with E-state index in [0.29, 0.717) is 39.1 Å². The number of carbonyl (C=O) groups is 3. The molecule has 0 radical (unpaired) electrons. The molecule has 0 bridgehead atoms. The summed E-state index contributed by atoms with van der Waals surface area (Å²) in [5.41, 5.74) is 1.87. The number of piperidine rings is 2. The molecule has 2 aromatic rings. The Morgan fingerprint density at radius 3 is 1.71 bits per heavy atom. The third-order valence-electron chi connectivity index (χ3n) is 6.41. The predicted octanol–water partition coefficient (Wildman–Crippen LogP) is 6.80. The second-order valence-corrected chi connectivity index (χ2v) is 14.0. The van der Waals surface area contributed by atoms with E-state index in [1.807, 2.05) is 60.7 Å². The van der Waals surface area contributed by atoms with Crippen molar-refractivity contribution in [3.05, 3.63) is 71.8 Å². The van der Waals surface area contributed by atoms with Gasteiger partial charge >= 0.3 is 12.2 Å². The van der Waals surface area contributed by atoms with Crippen molar-refractivity contribution in [1.29, 1.82) is 0 Å². The first-order chi connectivity index (χ1) is 20.1. The minimum Gasteiger partial charge on any atom is -0.445 e. The molecule has 2 saturated heterocycles. The molecule has 0 saturated carbocycles. The Labute approximate surface area is 265 Å². The second-order valence-electron chi connectivity index (χ2n) is 9.59. The molecule has 2 unspecified atom stereocenters. The highest BCUT2D eigenvalue weighted by Crippen LogP contribution is 2.24. The molecule has 0 aromatic heterocycles. The van der Waals surface area contributed by atoms with Crippen LogP contribution >= 0.6 is 44.2 Å². The number of nitrogens with zero attached hydrogens (tertiary/aromatic N) is 2. The Morgan fingerprint density at radius 1 is 0.810 bits per heavy atom. The third-order valence-corrected chi connectivity index (χ3v) is 9.40. The molecule has 2 fully saturated rings. The van der Waals surface area contributed by atoms with Gasteiger partial charge in [0.05, 0.1) is 5.25 Å². The van der Waals surface area contributed by atoms with Crippen LogP contribution in [0.25, 0.3) is 0 Å². The van der Waals surface area contributed by atoms with Gasteiger partial charge in [-0.15, -0.1) is 0 Å². The smallest absolute Gasteiger partial charge is 0.410 e.